The standard InChI is InChI=1S/C12H19ClN4/c1-8-6-17(7-9(2)16(8)3)12-10(14)4-5-11(13)15-12/h4-5,8-9H,6-7,14H2,1-3H3. The first kappa shape index (κ1) is 12.5. The van der Waals surface area contributed by atoms with E-state index in [1.54, 1.807) is 6.07 Å². The quantitative estimate of drug-likeness (QED) is 0.777. The van der Waals surface area contributed by atoms with E-state index in [2.05, 4.69) is 35.7 Å². The molecule has 2 N–H and O–H groups in total. The molecule has 0 aliphatic carbocycles. The van der Waals surface area contributed by atoms with E-state index in [1.165, 1.54) is 0 Å². The Morgan fingerprint density at radius 1 is 1.29 bits per heavy atom. The molecule has 0 saturated carbocycles. The second kappa shape index (κ2) is 4.70. The van der Waals surface area contributed by atoms with Crippen molar-refractivity contribution in [2.24, 2.45) is 0 Å². The summed E-state index contributed by atoms with van der Waals surface area (Å²) in [6.07, 6.45) is 0. The molecule has 2 rings (SSSR count). The molecule has 17 heavy (non-hydrogen) atoms. The average molecular weight is 255 g/mol. The number of piperazine rings is 1. The van der Waals surface area contributed by atoms with Crippen LogP contribution in [0.2, 0.25) is 5.15 Å². The summed E-state index contributed by atoms with van der Waals surface area (Å²) in [5.41, 5.74) is 6.66. The van der Waals surface area contributed by atoms with Gasteiger partial charge in [-0.05, 0) is 33.0 Å². The van der Waals surface area contributed by atoms with Crippen LogP contribution in [-0.2, 0) is 0 Å². The van der Waals surface area contributed by atoms with E-state index >= 15 is 0 Å². The number of nitrogens with zero attached hydrogens (tertiary/aromatic N) is 3. The zero-order valence-corrected chi connectivity index (χ0v) is 11.3. The van der Waals surface area contributed by atoms with Crippen LogP contribution in [0.4, 0.5) is 11.5 Å². The number of nitrogen functional groups attached to an aromatic ring is 1. The van der Waals surface area contributed by atoms with E-state index in [4.69, 9.17) is 17.3 Å². The van der Waals surface area contributed by atoms with Gasteiger partial charge < -0.3 is 10.6 Å². The molecule has 0 aromatic carbocycles. The summed E-state index contributed by atoms with van der Waals surface area (Å²) in [6, 6.07) is 4.51. The van der Waals surface area contributed by atoms with Gasteiger partial charge in [0.25, 0.3) is 0 Å². The van der Waals surface area contributed by atoms with Crippen molar-refractivity contribution >= 4 is 23.1 Å². The number of hydrogen-bond donors (Lipinski definition) is 1. The van der Waals surface area contributed by atoms with Crippen LogP contribution in [0.15, 0.2) is 12.1 Å². The van der Waals surface area contributed by atoms with Gasteiger partial charge in [-0.2, -0.15) is 0 Å². The molecule has 0 amide bonds. The lowest BCUT2D eigenvalue weighted by Crippen LogP contribution is -2.55. The third kappa shape index (κ3) is 2.48. The molecule has 94 valence electrons. The normalized spacial score (nSPS) is 26.2. The summed E-state index contributed by atoms with van der Waals surface area (Å²) in [7, 11) is 2.15. The zero-order valence-electron chi connectivity index (χ0n) is 10.5. The monoisotopic (exact) mass is 254 g/mol. The van der Waals surface area contributed by atoms with Crippen LogP contribution < -0.4 is 10.6 Å². The molecule has 4 nitrogen and oxygen atoms in total. The number of nitrogens with two attached hydrogens (primary N) is 1. The molecule has 5 heteroatoms. The Kier molecular flexibility index (Phi) is 3.45. The fourth-order valence-electron chi connectivity index (χ4n) is 2.27. The van der Waals surface area contributed by atoms with Crippen LogP contribution in [0.25, 0.3) is 0 Å². The summed E-state index contributed by atoms with van der Waals surface area (Å²) in [4.78, 5) is 8.93. The summed E-state index contributed by atoms with van der Waals surface area (Å²) in [6.45, 7) is 6.28. The number of rotatable bonds is 1. The first-order valence-electron chi connectivity index (χ1n) is 5.88. The van der Waals surface area contributed by atoms with Gasteiger partial charge in [-0.15, -0.1) is 0 Å². The Morgan fingerprint density at radius 2 is 1.88 bits per heavy atom. The number of pyridine rings is 1. The van der Waals surface area contributed by atoms with Crippen LogP contribution in [0.3, 0.4) is 0 Å². The van der Waals surface area contributed by atoms with Crippen LogP contribution in [-0.4, -0.2) is 42.1 Å². The number of anilines is 2. The van der Waals surface area contributed by atoms with Crippen molar-refractivity contribution in [1.29, 1.82) is 0 Å². The molecule has 0 spiro atoms. The molecular weight excluding hydrogens is 236 g/mol. The third-order valence-corrected chi connectivity index (χ3v) is 3.74. The second-order valence-electron chi connectivity index (χ2n) is 4.82. The van der Waals surface area contributed by atoms with E-state index in [9.17, 15) is 0 Å². The maximum absolute atomic E-state index is 5.97. The predicted octanol–water partition coefficient (Wildman–Crippen LogP) is 1.85. The van der Waals surface area contributed by atoms with E-state index < -0.39 is 0 Å². The van der Waals surface area contributed by atoms with Crippen molar-refractivity contribution in [1.82, 2.24) is 9.88 Å². The lowest BCUT2D eigenvalue weighted by atomic mass is 10.1. The van der Waals surface area contributed by atoms with Gasteiger partial charge in [0.2, 0.25) is 0 Å². The Morgan fingerprint density at radius 3 is 2.47 bits per heavy atom. The first-order chi connectivity index (χ1) is 7.99. The van der Waals surface area contributed by atoms with Crippen molar-refractivity contribution in [3.8, 4) is 0 Å². The Bertz CT molecular complexity index is 397. The highest BCUT2D eigenvalue weighted by Crippen LogP contribution is 2.26. The second-order valence-corrected chi connectivity index (χ2v) is 5.20. The smallest absolute Gasteiger partial charge is 0.153 e. The van der Waals surface area contributed by atoms with Gasteiger partial charge in [0.15, 0.2) is 5.82 Å². The highest BCUT2D eigenvalue weighted by atomic mass is 35.5. The third-order valence-electron chi connectivity index (χ3n) is 3.53. The zero-order chi connectivity index (χ0) is 12.6. The maximum atomic E-state index is 5.97. The minimum absolute atomic E-state index is 0.485. The van der Waals surface area contributed by atoms with Crippen LogP contribution in [0.1, 0.15) is 13.8 Å². The van der Waals surface area contributed by atoms with Gasteiger partial charge in [0, 0.05) is 25.2 Å². The molecule has 0 radical (unpaired) electrons. The Labute approximate surface area is 107 Å². The van der Waals surface area contributed by atoms with Crippen molar-refractivity contribution in [3.05, 3.63) is 17.3 Å². The van der Waals surface area contributed by atoms with E-state index in [0.29, 0.717) is 22.9 Å². The fourth-order valence-corrected chi connectivity index (χ4v) is 2.41. The lowest BCUT2D eigenvalue weighted by Gasteiger charge is -2.43. The van der Waals surface area contributed by atoms with Gasteiger partial charge in [0.05, 0.1) is 5.69 Å². The highest BCUT2D eigenvalue weighted by Gasteiger charge is 2.28. The highest BCUT2D eigenvalue weighted by molar-refractivity contribution is 6.29. The first-order valence-corrected chi connectivity index (χ1v) is 6.25. The summed E-state index contributed by atoms with van der Waals surface area (Å²) in [5, 5.41) is 0.494. The molecule has 2 atom stereocenters. The summed E-state index contributed by atoms with van der Waals surface area (Å²) < 4.78 is 0. The molecule has 1 aliphatic heterocycles. The predicted molar refractivity (Wildman–Crippen MR) is 72.6 cm³/mol. The maximum Gasteiger partial charge on any atom is 0.153 e. The van der Waals surface area contributed by atoms with Crippen molar-refractivity contribution in [2.45, 2.75) is 25.9 Å². The van der Waals surface area contributed by atoms with Gasteiger partial charge in [-0.1, -0.05) is 11.6 Å². The van der Waals surface area contributed by atoms with E-state index in [-0.39, 0.29) is 0 Å². The van der Waals surface area contributed by atoms with Crippen molar-refractivity contribution < 1.29 is 0 Å². The SMILES string of the molecule is CC1CN(c2nc(Cl)ccc2N)CC(C)N1C. The van der Waals surface area contributed by atoms with Gasteiger partial charge >= 0.3 is 0 Å². The van der Waals surface area contributed by atoms with Crippen molar-refractivity contribution in [3.63, 3.8) is 0 Å². The molecule has 1 aromatic heterocycles. The van der Waals surface area contributed by atoms with Gasteiger partial charge in [-0.3, -0.25) is 4.90 Å². The Hall–Kier alpha value is -1.00. The average Bonchev–Trinajstić information content (AvgIpc) is 2.28. The van der Waals surface area contributed by atoms with Gasteiger partial charge in [-0.25, -0.2) is 4.98 Å². The number of aromatic nitrogens is 1. The molecule has 1 aromatic rings. The number of likely N-dealkylation sites (N-methyl/N-ethyl adjacent to an activating group) is 1. The molecule has 0 bridgehead atoms. The minimum atomic E-state index is 0.485. The number of halogens is 1. The molecule has 1 aliphatic rings. The van der Waals surface area contributed by atoms with Crippen LogP contribution in [0.5, 0.6) is 0 Å². The van der Waals surface area contributed by atoms with E-state index in [0.717, 1.165) is 18.9 Å². The minimum Gasteiger partial charge on any atom is -0.396 e. The largest absolute Gasteiger partial charge is 0.396 e. The fraction of sp³-hybridized carbons (Fsp3) is 0.583. The molecular formula is C12H19ClN4. The molecule has 2 heterocycles. The molecule has 1 saturated heterocycles. The summed E-state index contributed by atoms with van der Waals surface area (Å²) >= 11 is 5.93. The van der Waals surface area contributed by atoms with Crippen LogP contribution >= 0.6 is 11.6 Å². The molecule has 2 unspecified atom stereocenters. The van der Waals surface area contributed by atoms with Crippen LogP contribution in [0, 0.1) is 0 Å². The van der Waals surface area contributed by atoms with Gasteiger partial charge in [0.1, 0.15) is 5.15 Å². The topological polar surface area (TPSA) is 45.4 Å². The summed E-state index contributed by atoms with van der Waals surface area (Å²) in [5.74, 6) is 0.810. The molecule has 1 fully saturated rings. The van der Waals surface area contributed by atoms with E-state index in [1.807, 2.05) is 6.07 Å². The number of hydrogen-bond acceptors (Lipinski definition) is 4. The Balaban J connectivity index is 2.25. The van der Waals surface area contributed by atoms with Crippen molar-refractivity contribution in [2.75, 3.05) is 30.8 Å². The lowest BCUT2D eigenvalue weighted by molar-refractivity contribution is 0.169.